The van der Waals surface area contributed by atoms with E-state index in [9.17, 15) is 0 Å². The zero-order valence-corrected chi connectivity index (χ0v) is 52.6. The van der Waals surface area contributed by atoms with Crippen LogP contribution >= 0.6 is 0 Å². The molecule has 21 heteroatoms. The van der Waals surface area contributed by atoms with Crippen LogP contribution < -0.4 is 0 Å². The fourth-order valence-corrected chi connectivity index (χ4v) is 8.25. The van der Waals surface area contributed by atoms with E-state index in [4.69, 9.17) is 0 Å². The highest BCUT2D eigenvalue weighted by molar-refractivity contribution is 5.82. The zero-order valence-electron chi connectivity index (χ0n) is 52.6. The summed E-state index contributed by atoms with van der Waals surface area (Å²) in [7, 11) is 0. The normalized spacial score (nSPS) is 9.63. The number of hydrogen-bond acceptors (Lipinski definition) is 21. The van der Waals surface area contributed by atoms with Crippen molar-refractivity contribution in [1.29, 1.82) is 0 Å². The van der Waals surface area contributed by atoms with Gasteiger partial charge in [-0.15, -0.1) is 0 Å². The summed E-state index contributed by atoms with van der Waals surface area (Å²) in [5, 5.41) is 15.8. The fraction of sp³-hybridized carbons (Fsp3) is 0. The Morgan fingerprint density at radius 2 is 0.490 bits per heavy atom. The van der Waals surface area contributed by atoms with E-state index in [0.717, 1.165) is 71.2 Å². The summed E-state index contributed by atoms with van der Waals surface area (Å²) in [4.78, 5) is 74.3. The lowest BCUT2D eigenvalue weighted by molar-refractivity contribution is 1.05. The number of nitrogens with zero attached hydrogens (tertiary/aromatic N) is 21. The molecule has 0 aliphatic carbocycles. The molecule has 474 valence electrons. The largest absolute Gasteiger partial charge is 0.264 e. The minimum atomic E-state index is 0.949. The molecule has 0 unspecified atom stereocenters. The van der Waals surface area contributed by atoms with Crippen molar-refractivity contribution < 1.29 is 0 Å². The van der Waals surface area contributed by atoms with Gasteiger partial charge in [0.25, 0.3) is 0 Å². The van der Waals surface area contributed by atoms with E-state index in [2.05, 4.69) is 129 Å². The molecule has 0 aliphatic rings. The molecule has 21 nitrogen and oxygen atoms in total. The molecule has 0 N–H and O–H groups in total. The topological polar surface area (TPSA) is 271 Å². The summed E-state index contributed by atoms with van der Waals surface area (Å²) >= 11 is 0. The number of pyridine rings is 8. The summed E-state index contributed by atoms with van der Waals surface area (Å²) < 4.78 is 0. The van der Waals surface area contributed by atoms with E-state index in [0.29, 0.717) is 0 Å². The Kier molecular flexibility index (Phi) is 28.7. The van der Waals surface area contributed by atoms with E-state index in [-0.39, 0.29) is 0 Å². The van der Waals surface area contributed by atoms with Gasteiger partial charge in [-0.3, -0.25) is 59.8 Å². The van der Waals surface area contributed by atoms with Crippen LogP contribution in [0.1, 0.15) is 0 Å². The summed E-state index contributed by atoms with van der Waals surface area (Å²) in [5.74, 6) is 0. The molecule has 14 heterocycles. The molecule has 98 heavy (non-hydrogen) atoms. The predicted molar refractivity (Wildman–Crippen MR) is 385 cm³/mol. The van der Waals surface area contributed by atoms with Crippen LogP contribution in [0.3, 0.4) is 0 Å². The Bertz CT molecular complexity index is 3780. The third-order valence-corrected chi connectivity index (χ3v) is 12.8. The first-order valence-corrected chi connectivity index (χ1v) is 30.2. The Morgan fingerprint density at radius 1 is 0.143 bits per heavy atom. The standard InChI is InChI=1S/2C9H7N.6C8H6N2.2C4H4N2.C3H3N3/c1-2-6-9-8(4-1)5-3-7-10-9;1-2-4-9-7-10-6-5-8(9)3-1;1-3-7-8(9-5-1)4-2-6-10-7;1-2-7-6-9-5-3-8(7)10-4-1;1-2-7-3-5-9-6-8(7)10-4-1;1-2-4-8-7(3-1)5-9-6-10-8;1-2-4-8-7(3-1)9-5-6-10-8;1-2-4-8-7(3-1)5-6-9-10-8;1-2-6-4-3-5-1;1-2-5-4-6-3-1;1-4-2-6-3-5-1/h2*1-7H;6*1-6H;2*1-4H;1-3H. The molecule has 19 aromatic rings. The van der Waals surface area contributed by atoms with Crippen LogP contribution in [0.4, 0.5) is 0 Å². The summed E-state index contributed by atoms with van der Waals surface area (Å²) in [6, 6.07) is 69.0. The predicted octanol–water partition coefficient (Wildman–Crippen LogP) is 15.1. The smallest absolute Gasteiger partial charge is 0.119 e. The van der Waals surface area contributed by atoms with Crippen LogP contribution in [0.5, 0.6) is 0 Å². The van der Waals surface area contributed by atoms with Gasteiger partial charge in [-0.2, -0.15) is 10.2 Å². The highest BCUT2D eigenvalue weighted by Gasteiger charge is 1.94. The van der Waals surface area contributed by atoms with Gasteiger partial charge in [0.15, 0.2) is 0 Å². The summed E-state index contributed by atoms with van der Waals surface area (Å²) in [5.41, 5.74) is 8.75. The summed E-state index contributed by atoms with van der Waals surface area (Å²) in [6.07, 6.45) is 43.8. The Labute approximate surface area is 563 Å². The third kappa shape index (κ3) is 24.4. The maximum absolute atomic E-state index is 4.18. The number of fused-ring (bicyclic) bond motifs is 8. The molecule has 5 aromatic carbocycles. The molecular formula is C77H61N21. The second kappa shape index (κ2) is 41.3. The molecule has 14 aromatic heterocycles. The molecule has 0 fully saturated rings. The maximum Gasteiger partial charge on any atom is 0.119 e. The van der Waals surface area contributed by atoms with E-state index in [1.54, 1.807) is 112 Å². The van der Waals surface area contributed by atoms with Crippen LogP contribution in [-0.4, -0.2) is 105 Å². The van der Waals surface area contributed by atoms with Crippen molar-refractivity contribution in [3.05, 3.63) is 374 Å². The van der Waals surface area contributed by atoms with Gasteiger partial charge >= 0.3 is 0 Å². The van der Waals surface area contributed by atoms with Gasteiger partial charge in [0.2, 0.25) is 0 Å². The monoisotopic (exact) mass is 1280 g/mol. The van der Waals surface area contributed by atoms with Crippen LogP contribution in [0, 0.1) is 0 Å². The van der Waals surface area contributed by atoms with Crippen molar-refractivity contribution in [2.24, 2.45) is 0 Å². The first kappa shape index (κ1) is 68.2. The second-order valence-corrected chi connectivity index (χ2v) is 19.4. The van der Waals surface area contributed by atoms with Crippen LogP contribution in [0.2, 0.25) is 0 Å². The van der Waals surface area contributed by atoms with Gasteiger partial charge in [0, 0.05) is 145 Å². The number of para-hydroxylation sites is 4. The minimum Gasteiger partial charge on any atom is -0.264 e. The molecule has 0 saturated heterocycles. The van der Waals surface area contributed by atoms with Gasteiger partial charge in [-0.25, -0.2) is 34.9 Å². The quantitative estimate of drug-likeness (QED) is 0.136. The number of rotatable bonds is 0. The van der Waals surface area contributed by atoms with Crippen molar-refractivity contribution in [3.63, 3.8) is 0 Å². The number of aromatic nitrogens is 21. The first-order valence-electron chi connectivity index (χ1n) is 30.2. The van der Waals surface area contributed by atoms with Crippen molar-refractivity contribution in [2.75, 3.05) is 0 Å². The van der Waals surface area contributed by atoms with E-state index in [1.165, 1.54) is 41.5 Å². The van der Waals surface area contributed by atoms with Gasteiger partial charge in [-0.1, -0.05) is 103 Å². The molecule has 0 atom stereocenters. The Hall–Kier alpha value is -14.2. The lowest BCUT2D eigenvalue weighted by atomic mass is 10.2. The SMILES string of the molecule is c1ccc2cnccc2c1.c1ccc2ncccc2c1.c1ccc2nccnc2c1.c1ccc2ncncc2c1.c1ccc2nnccc2c1.c1cnc2cccnc2c1.c1cnc2ccncc2c1.c1cnc2cnccc2c1.c1cnccn1.c1cncnc1.c1ncncn1. The van der Waals surface area contributed by atoms with Crippen molar-refractivity contribution in [1.82, 2.24) is 105 Å². The number of benzene rings is 5. The number of hydrogen-bond donors (Lipinski definition) is 0. The van der Waals surface area contributed by atoms with Gasteiger partial charge < -0.3 is 0 Å². The molecule has 0 aliphatic heterocycles. The maximum atomic E-state index is 4.18. The molecular weight excluding hydrogens is 1220 g/mol. The molecule has 0 spiro atoms. The average Bonchev–Trinajstić information content (AvgIpc) is 2.03. The van der Waals surface area contributed by atoms with E-state index >= 15 is 0 Å². The average molecular weight is 1280 g/mol. The minimum absolute atomic E-state index is 0.949. The molecule has 0 amide bonds. The van der Waals surface area contributed by atoms with Gasteiger partial charge in [-0.05, 0) is 120 Å². The Balaban J connectivity index is 0.000000127. The zero-order chi connectivity index (χ0) is 67.2. The van der Waals surface area contributed by atoms with Crippen molar-refractivity contribution >= 4 is 87.4 Å². The highest BCUT2D eigenvalue weighted by Crippen LogP contribution is 2.13. The van der Waals surface area contributed by atoms with Crippen molar-refractivity contribution in [3.8, 4) is 0 Å². The highest BCUT2D eigenvalue weighted by atomic mass is 15.1. The lowest BCUT2D eigenvalue weighted by Crippen LogP contribution is -1.79. The van der Waals surface area contributed by atoms with Crippen molar-refractivity contribution in [2.45, 2.75) is 0 Å². The van der Waals surface area contributed by atoms with E-state index < -0.39 is 0 Å². The van der Waals surface area contributed by atoms with Gasteiger partial charge in [0.05, 0.1) is 62.0 Å². The molecule has 0 saturated carbocycles. The summed E-state index contributed by atoms with van der Waals surface area (Å²) in [6.45, 7) is 0. The molecule has 0 radical (unpaired) electrons. The van der Waals surface area contributed by atoms with Gasteiger partial charge in [0.1, 0.15) is 31.6 Å². The fourth-order valence-electron chi connectivity index (χ4n) is 8.25. The van der Waals surface area contributed by atoms with Crippen LogP contribution in [0.25, 0.3) is 87.4 Å². The second-order valence-electron chi connectivity index (χ2n) is 19.4. The molecule has 0 bridgehead atoms. The molecule has 19 rings (SSSR count). The Morgan fingerprint density at radius 3 is 0.980 bits per heavy atom. The third-order valence-electron chi connectivity index (χ3n) is 12.8. The van der Waals surface area contributed by atoms with Crippen LogP contribution in [0.15, 0.2) is 374 Å². The van der Waals surface area contributed by atoms with Crippen LogP contribution in [-0.2, 0) is 0 Å². The van der Waals surface area contributed by atoms with E-state index in [1.807, 2.05) is 213 Å². The first-order chi connectivity index (χ1) is 48.7. The lowest BCUT2D eigenvalue weighted by Gasteiger charge is -1.91.